The van der Waals surface area contributed by atoms with Gasteiger partial charge < -0.3 is 0 Å². The van der Waals surface area contributed by atoms with E-state index in [1.165, 1.54) is 22.3 Å². The molecule has 3 aromatic rings. The van der Waals surface area contributed by atoms with E-state index in [2.05, 4.69) is 83.5 Å². The van der Waals surface area contributed by atoms with Gasteiger partial charge in [0.15, 0.2) is 0 Å². The normalized spacial score (nSPS) is 15.7. The number of hydrogen-bond donors (Lipinski definition) is 0. The van der Waals surface area contributed by atoms with Crippen molar-refractivity contribution in [1.82, 2.24) is 9.80 Å². The average Bonchev–Trinajstić information content (AvgIpc) is 2.73. The molecule has 0 saturated carbocycles. The lowest BCUT2D eigenvalue weighted by molar-refractivity contribution is 0.105. The lowest BCUT2D eigenvalue weighted by Crippen LogP contribution is -2.47. The van der Waals surface area contributed by atoms with Gasteiger partial charge in [0, 0.05) is 37.7 Å². The van der Waals surface area contributed by atoms with Crippen molar-refractivity contribution < 1.29 is 0 Å². The second-order valence-electron chi connectivity index (χ2n) is 7.66. The largest absolute Gasteiger partial charge is 0.297 e. The van der Waals surface area contributed by atoms with Crippen molar-refractivity contribution >= 4 is 36.4 Å². The van der Waals surface area contributed by atoms with Gasteiger partial charge in [-0.2, -0.15) is 0 Å². The molecule has 0 aliphatic carbocycles. The minimum atomic E-state index is 0. The summed E-state index contributed by atoms with van der Waals surface area (Å²) < 4.78 is 0. The third-order valence-corrected chi connectivity index (χ3v) is 5.85. The Bertz CT molecular complexity index is 875. The van der Waals surface area contributed by atoms with Gasteiger partial charge in [0.1, 0.15) is 0 Å². The van der Waals surface area contributed by atoms with Crippen LogP contribution in [0.2, 0.25) is 5.02 Å². The molecule has 160 valence electrons. The maximum Gasteiger partial charge on any atom is 0.0602 e. The van der Waals surface area contributed by atoms with Gasteiger partial charge in [0.05, 0.1) is 6.04 Å². The van der Waals surface area contributed by atoms with Crippen LogP contribution in [0.15, 0.2) is 78.9 Å². The smallest absolute Gasteiger partial charge is 0.0602 e. The van der Waals surface area contributed by atoms with E-state index in [9.17, 15) is 0 Å². The number of benzene rings is 3. The molecule has 0 N–H and O–H groups in total. The van der Waals surface area contributed by atoms with Crippen molar-refractivity contribution in [2.24, 2.45) is 0 Å². The van der Waals surface area contributed by atoms with Crippen molar-refractivity contribution in [3.8, 4) is 0 Å². The minimum Gasteiger partial charge on any atom is -0.297 e. The first-order valence-corrected chi connectivity index (χ1v) is 10.4. The summed E-state index contributed by atoms with van der Waals surface area (Å²) in [6.45, 7) is 7.48. The van der Waals surface area contributed by atoms with E-state index in [0.29, 0.717) is 0 Å². The zero-order chi connectivity index (χ0) is 19.3. The Labute approximate surface area is 197 Å². The standard InChI is InChI=1S/C25H27ClN2.2ClH/c1-20-7-9-21(10-8-20)19-27-15-17-28(18-16-27)25(22-5-3-2-4-6-22)23-11-13-24(26)14-12-23;;/h2-14,25H,15-19H2,1H3;2*1H. The summed E-state index contributed by atoms with van der Waals surface area (Å²) in [7, 11) is 0. The van der Waals surface area contributed by atoms with Gasteiger partial charge in [0.2, 0.25) is 0 Å². The van der Waals surface area contributed by atoms with Crippen LogP contribution in [0, 0.1) is 6.92 Å². The summed E-state index contributed by atoms with van der Waals surface area (Å²) in [6, 6.07) is 28.3. The molecule has 2 nitrogen and oxygen atoms in total. The Morgan fingerprint density at radius 3 is 1.90 bits per heavy atom. The minimum absolute atomic E-state index is 0. The highest BCUT2D eigenvalue weighted by molar-refractivity contribution is 6.30. The number of nitrogens with zero attached hydrogens (tertiary/aromatic N) is 2. The molecule has 0 aromatic heterocycles. The second kappa shape index (κ2) is 11.7. The molecule has 0 radical (unpaired) electrons. The van der Waals surface area contributed by atoms with Gasteiger partial charge in [0.25, 0.3) is 0 Å². The average molecular weight is 464 g/mol. The van der Waals surface area contributed by atoms with Gasteiger partial charge in [-0.3, -0.25) is 9.80 Å². The van der Waals surface area contributed by atoms with Gasteiger partial charge in [-0.15, -0.1) is 24.8 Å². The number of piperazine rings is 1. The van der Waals surface area contributed by atoms with Gasteiger partial charge in [-0.1, -0.05) is 83.9 Å². The molecular formula is C25H29Cl3N2. The molecule has 30 heavy (non-hydrogen) atoms. The summed E-state index contributed by atoms with van der Waals surface area (Å²) in [5, 5.41) is 0.790. The summed E-state index contributed by atoms with van der Waals surface area (Å²) in [5.74, 6) is 0. The van der Waals surface area contributed by atoms with E-state index in [1.807, 2.05) is 12.1 Å². The first kappa shape index (κ1) is 24.7. The quantitative estimate of drug-likeness (QED) is 0.432. The number of aryl methyl sites for hydroxylation is 1. The fourth-order valence-corrected chi connectivity index (χ4v) is 4.15. The van der Waals surface area contributed by atoms with Crippen LogP contribution in [0.1, 0.15) is 28.3 Å². The van der Waals surface area contributed by atoms with Crippen molar-refractivity contribution in [3.05, 3.63) is 106 Å². The highest BCUT2D eigenvalue weighted by atomic mass is 35.5. The summed E-state index contributed by atoms with van der Waals surface area (Å²) in [6.07, 6.45) is 0. The van der Waals surface area contributed by atoms with Crippen molar-refractivity contribution in [2.45, 2.75) is 19.5 Å². The third kappa shape index (κ3) is 6.23. The Hall–Kier alpha value is -1.55. The first-order valence-electron chi connectivity index (χ1n) is 10.0. The van der Waals surface area contributed by atoms with E-state index in [-0.39, 0.29) is 30.9 Å². The highest BCUT2D eigenvalue weighted by Crippen LogP contribution is 2.30. The van der Waals surface area contributed by atoms with Crippen molar-refractivity contribution in [1.29, 1.82) is 0 Å². The maximum atomic E-state index is 6.13. The van der Waals surface area contributed by atoms with Crippen LogP contribution >= 0.6 is 36.4 Å². The molecule has 1 aliphatic rings. The van der Waals surface area contributed by atoms with E-state index < -0.39 is 0 Å². The van der Waals surface area contributed by atoms with Crippen LogP contribution in [0.5, 0.6) is 0 Å². The molecule has 5 heteroatoms. The van der Waals surface area contributed by atoms with Crippen LogP contribution in [-0.4, -0.2) is 36.0 Å². The fraction of sp³-hybridized carbons (Fsp3) is 0.280. The van der Waals surface area contributed by atoms with Crippen LogP contribution < -0.4 is 0 Å². The fourth-order valence-electron chi connectivity index (χ4n) is 4.03. The Morgan fingerprint density at radius 1 is 0.733 bits per heavy atom. The predicted octanol–water partition coefficient (Wildman–Crippen LogP) is 6.40. The molecule has 4 rings (SSSR count). The van der Waals surface area contributed by atoms with E-state index in [1.54, 1.807) is 0 Å². The summed E-state index contributed by atoms with van der Waals surface area (Å²) in [5.41, 5.74) is 5.37. The zero-order valence-corrected chi connectivity index (χ0v) is 19.6. The Balaban J connectivity index is 0.00000160. The number of rotatable bonds is 5. The van der Waals surface area contributed by atoms with E-state index in [0.717, 1.165) is 37.7 Å². The maximum absolute atomic E-state index is 6.13. The molecule has 0 amide bonds. The monoisotopic (exact) mass is 462 g/mol. The Kier molecular flexibility index (Phi) is 9.67. The van der Waals surface area contributed by atoms with E-state index in [4.69, 9.17) is 11.6 Å². The molecule has 1 aliphatic heterocycles. The molecule has 1 atom stereocenters. The highest BCUT2D eigenvalue weighted by Gasteiger charge is 2.26. The van der Waals surface area contributed by atoms with Crippen LogP contribution in [-0.2, 0) is 6.54 Å². The predicted molar refractivity (Wildman–Crippen MR) is 132 cm³/mol. The van der Waals surface area contributed by atoms with E-state index >= 15 is 0 Å². The van der Waals surface area contributed by atoms with Crippen LogP contribution in [0.25, 0.3) is 0 Å². The molecule has 1 saturated heterocycles. The van der Waals surface area contributed by atoms with Crippen LogP contribution in [0.4, 0.5) is 0 Å². The summed E-state index contributed by atoms with van der Waals surface area (Å²) in [4.78, 5) is 5.16. The van der Waals surface area contributed by atoms with Crippen molar-refractivity contribution in [3.63, 3.8) is 0 Å². The first-order chi connectivity index (χ1) is 13.7. The van der Waals surface area contributed by atoms with Gasteiger partial charge in [-0.05, 0) is 35.7 Å². The van der Waals surface area contributed by atoms with Crippen molar-refractivity contribution in [2.75, 3.05) is 26.2 Å². The SMILES string of the molecule is Cc1ccc(CN2CCN(C(c3ccccc3)c3ccc(Cl)cc3)CC2)cc1.Cl.Cl. The molecule has 1 unspecified atom stereocenters. The molecule has 1 heterocycles. The number of halogens is 3. The van der Waals surface area contributed by atoms with Gasteiger partial charge in [-0.25, -0.2) is 0 Å². The third-order valence-electron chi connectivity index (χ3n) is 5.60. The second-order valence-corrected chi connectivity index (χ2v) is 8.10. The van der Waals surface area contributed by atoms with Crippen LogP contribution in [0.3, 0.4) is 0 Å². The molecular weight excluding hydrogens is 435 g/mol. The Morgan fingerprint density at radius 2 is 1.30 bits per heavy atom. The lowest BCUT2D eigenvalue weighted by atomic mass is 9.96. The molecule has 1 fully saturated rings. The van der Waals surface area contributed by atoms with Gasteiger partial charge >= 0.3 is 0 Å². The summed E-state index contributed by atoms with van der Waals surface area (Å²) >= 11 is 6.13. The molecule has 0 bridgehead atoms. The molecule has 0 spiro atoms. The number of hydrogen-bond acceptors (Lipinski definition) is 2. The topological polar surface area (TPSA) is 6.48 Å². The lowest BCUT2D eigenvalue weighted by Gasteiger charge is -2.40. The zero-order valence-electron chi connectivity index (χ0n) is 17.2. The molecule has 3 aromatic carbocycles.